The predicted octanol–water partition coefficient (Wildman–Crippen LogP) is 7.70. The molecule has 164 valence electrons. The van der Waals surface area contributed by atoms with E-state index in [4.69, 9.17) is 5.26 Å². The number of rotatable bonds is 7. The van der Waals surface area contributed by atoms with Crippen LogP contribution in [0.4, 0.5) is 8.78 Å². The molecule has 0 spiro atoms. The van der Waals surface area contributed by atoms with Crippen LogP contribution in [0.25, 0.3) is 10.8 Å². The molecular formula is C29H29F2N. The summed E-state index contributed by atoms with van der Waals surface area (Å²) in [4.78, 5) is 0. The molecule has 0 amide bonds. The van der Waals surface area contributed by atoms with Crippen LogP contribution in [0.3, 0.4) is 0 Å². The standard InChI is InChI=1S/C29H29F2N/c1-2-20-3-5-21(6-4-20)7-8-22-11-16-27-25(17-22)15-14-24(29(27)31)12-9-23-10-13-26(19-32)28(30)18-23/h2,10-11,13-18,20-21H,1,3-9,12H2. The second kappa shape index (κ2) is 10.1. The van der Waals surface area contributed by atoms with Crippen LogP contribution >= 0.6 is 0 Å². The summed E-state index contributed by atoms with van der Waals surface area (Å²) >= 11 is 0. The van der Waals surface area contributed by atoms with Crippen molar-refractivity contribution in [1.82, 2.24) is 0 Å². The minimum Gasteiger partial charge on any atom is -0.206 e. The first-order valence-corrected chi connectivity index (χ1v) is 11.6. The Balaban J connectivity index is 1.40. The van der Waals surface area contributed by atoms with Gasteiger partial charge in [0.15, 0.2) is 0 Å². The van der Waals surface area contributed by atoms with Gasteiger partial charge in [-0.3, -0.25) is 0 Å². The molecule has 0 heterocycles. The third-order valence-corrected chi connectivity index (χ3v) is 7.00. The van der Waals surface area contributed by atoms with Crippen molar-refractivity contribution in [2.75, 3.05) is 0 Å². The highest BCUT2D eigenvalue weighted by Gasteiger charge is 2.19. The van der Waals surface area contributed by atoms with Crippen molar-refractivity contribution < 1.29 is 8.78 Å². The average molecular weight is 430 g/mol. The number of nitrogens with zero attached hydrogens (tertiary/aromatic N) is 1. The van der Waals surface area contributed by atoms with Gasteiger partial charge in [0.2, 0.25) is 0 Å². The predicted molar refractivity (Wildman–Crippen MR) is 126 cm³/mol. The number of fused-ring (bicyclic) bond motifs is 1. The van der Waals surface area contributed by atoms with E-state index in [1.807, 2.05) is 24.3 Å². The van der Waals surface area contributed by atoms with Crippen LogP contribution in [0.5, 0.6) is 0 Å². The summed E-state index contributed by atoms with van der Waals surface area (Å²) in [7, 11) is 0. The van der Waals surface area contributed by atoms with Gasteiger partial charge in [0.1, 0.15) is 17.7 Å². The lowest BCUT2D eigenvalue weighted by Crippen LogP contribution is -2.13. The number of benzene rings is 3. The van der Waals surface area contributed by atoms with Crippen molar-refractivity contribution in [1.29, 1.82) is 5.26 Å². The highest BCUT2D eigenvalue weighted by molar-refractivity contribution is 5.84. The zero-order chi connectivity index (χ0) is 22.5. The van der Waals surface area contributed by atoms with Gasteiger partial charge in [-0.05, 0) is 97.4 Å². The van der Waals surface area contributed by atoms with E-state index in [9.17, 15) is 4.39 Å². The molecule has 0 saturated heterocycles. The van der Waals surface area contributed by atoms with Crippen LogP contribution in [-0.4, -0.2) is 0 Å². The molecule has 1 saturated carbocycles. The molecule has 3 aromatic rings. The molecule has 1 fully saturated rings. The van der Waals surface area contributed by atoms with Crippen molar-refractivity contribution in [2.45, 2.75) is 51.4 Å². The average Bonchev–Trinajstić information content (AvgIpc) is 2.82. The van der Waals surface area contributed by atoms with Gasteiger partial charge >= 0.3 is 0 Å². The molecule has 0 aliphatic heterocycles. The quantitative estimate of drug-likeness (QED) is 0.353. The lowest BCUT2D eigenvalue weighted by molar-refractivity contribution is 0.296. The molecular weight excluding hydrogens is 400 g/mol. The van der Waals surface area contributed by atoms with E-state index in [0.717, 1.165) is 23.3 Å². The zero-order valence-electron chi connectivity index (χ0n) is 18.4. The topological polar surface area (TPSA) is 23.8 Å². The van der Waals surface area contributed by atoms with E-state index in [1.165, 1.54) is 49.8 Å². The normalized spacial score (nSPS) is 18.4. The Labute approximate surface area is 189 Å². The summed E-state index contributed by atoms with van der Waals surface area (Å²) in [6, 6.07) is 16.3. The first-order chi connectivity index (χ1) is 15.6. The van der Waals surface area contributed by atoms with E-state index in [1.54, 1.807) is 6.07 Å². The third kappa shape index (κ3) is 5.07. The SMILES string of the molecule is C=CC1CCC(CCc2ccc3c(F)c(CCc4ccc(C#N)c(F)c4)ccc3c2)CC1. The molecule has 0 radical (unpaired) electrons. The Morgan fingerprint density at radius 1 is 0.906 bits per heavy atom. The zero-order valence-corrected chi connectivity index (χ0v) is 18.4. The first kappa shape index (κ1) is 22.2. The Hall–Kier alpha value is -2.99. The lowest BCUT2D eigenvalue weighted by atomic mass is 9.79. The van der Waals surface area contributed by atoms with Crippen molar-refractivity contribution in [3.63, 3.8) is 0 Å². The Morgan fingerprint density at radius 3 is 2.38 bits per heavy atom. The number of hydrogen-bond donors (Lipinski definition) is 0. The minimum atomic E-state index is -0.523. The summed E-state index contributed by atoms with van der Waals surface area (Å²) in [6.45, 7) is 3.93. The van der Waals surface area contributed by atoms with Gasteiger partial charge < -0.3 is 0 Å². The van der Waals surface area contributed by atoms with E-state index in [2.05, 4.69) is 24.8 Å². The highest BCUT2D eigenvalue weighted by Crippen LogP contribution is 2.32. The van der Waals surface area contributed by atoms with Gasteiger partial charge in [-0.15, -0.1) is 6.58 Å². The second-order valence-corrected chi connectivity index (χ2v) is 9.08. The first-order valence-electron chi connectivity index (χ1n) is 11.6. The summed E-state index contributed by atoms with van der Waals surface area (Å²) in [5, 5.41) is 10.4. The molecule has 1 nitrogen and oxygen atoms in total. The largest absolute Gasteiger partial charge is 0.206 e. The van der Waals surface area contributed by atoms with E-state index < -0.39 is 5.82 Å². The minimum absolute atomic E-state index is 0.0332. The molecule has 1 aliphatic carbocycles. The van der Waals surface area contributed by atoms with E-state index >= 15 is 4.39 Å². The maximum atomic E-state index is 15.1. The third-order valence-electron chi connectivity index (χ3n) is 7.00. The summed E-state index contributed by atoms with van der Waals surface area (Å²) < 4.78 is 28.9. The number of halogens is 2. The van der Waals surface area contributed by atoms with Crippen LogP contribution < -0.4 is 0 Å². The van der Waals surface area contributed by atoms with Gasteiger partial charge in [0, 0.05) is 5.39 Å². The van der Waals surface area contributed by atoms with Crippen molar-refractivity contribution >= 4 is 10.8 Å². The van der Waals surface area contributed by atoms with Crippen LogP contribution in [0, 0.1) is 34.8 Å². The number of allylic oxidation sites excluding steroid dienone is 1. The van der Waals surface area contributed by atoms with Gasteiger partial charge in [-0.25, -0.2) is 8.78 Å². The van der Waals surface area contributed by atoms with Crippen LogP contribution in [0.2, 0.25) is 0 Å². The van der Waals surface area contributed by atoms with E-state index in [0.29, 0.717) is 29.7 Å². The summed E-state index contributed by atoms with van der Waals surface area (Å²) in [5.74, 6) is 0.768. The lowest BCUT2D eigenvalue weighted by Gasteiger charge is -2.26. The molecule has 0 N–H and O–H groups in total. The fraction of sp³-hybridized carbons (Fsp3) is 0.345. The molecule has 3 aromatic carbocycles. The molecule has 4 rings (SSSR count). The Bertz CT molecular complexity index is 1150. The molecule has 0 unspecified atom stereocenters. The monoisotopic (exact) mass is 429 g/mol. The number of hydrogen-bond acceptors (Lipinski definition) is 1. The fourth-order valence-corrected chi connectivity index (χ4v) is 4.90. The molecule has 0 aromatic heterocycles. The number of nitriles is 1. The van der Waals surface area contributed by atoms with Crippen LogP contribution in [0.15, 0.2) is 61.2 Å². The highest BCUT2D eigenvalue weighted by atomic mass is 19.1. The Morgan fingerprint density at radius 2 is 1.66 bits per heavy atom. The number of aryl methyl sites for hydroxylation is 3. The van der Waals surface area contributed by atoms with Crippen molar-refractivity contribution in [3.8, 4) is 6.07 Å². The summed E-state index contributed by atoms with van der Waals surface area (Å²) in [6.07, 6.45) is 10.4. The molecule has 3 heteroatoms. The summed E-state index contributed by atoms with van der Waals surface area (Å²) in [5.41, 5.74) is 2.70. The maximum Gasteiger partial charge on any atom is 0.141 e. The van der Waals surface area contributed by atoms with Gasteiger partial charge in [-0.2, -0.15) is 5.26 Å². The van der Waals surface area contributed by atoms with Gasteiger partial charge in [0.05, 0.1) is 5.56 Å². The van der Waals surface area contributed by atoms with E-state index in [-0.39, 0.29) is 11.4 Å². The van der Waals surface area contributed by atoms with Crippen LogP contribution in [-0.2, 0) is 19.3 Å². The molecule has 0 bridgehead atoms. The van der Waals surface area contributed by atoms with Crippen molar-refractivity contribution in [3.05, 3.63) is 95.1 Å². The van der Waals surface area contributed by atoms with Crippen molar-refractivity contribution in [2.24, 2.45) is 11.8 Å². The van der Waals surface area contributed by atoms with Crippen LogP contribution in [0.1, 0.15) is 54.4 Å². The maximum absolute atomic E-state index is 15.1. The van der Waals surface area contributed by atoms with Gasteiger partial charge in [-0.1, -0.05) is 42.5 Å². The van der Waals surface area contributed by atoms with Gasteiger partial charge in [0.25, 0.3) is 0 Å². The Kier molecular flexibility index (Phi) is 7.00. The molecule has 32 heavy (non-hydrogen) atoms. The second-order valence-electron chi connectivity index (χ2n) is 9.08. The molecule has 0 atom stereocenters. The fourth-order valence-electron chi connectivity index (χ4n) is 4.90. The molecule has 1 aliphatic rings. The smallest absolute Gasteiger partial charge is 0.141 e.